The number of aliphatic hydroxyl groups excluding tert-OH is 9. The van der Waals surface area contributed by atoms with Gasteiger partial charge >= 0.3 is 0 Å². The van der Waals surface area contributed by atoms with Crippen molar-refractivity contribution in [3.05, 3.63) is 0 Å². The Bertz CT molecular complexity index is 1400. The van der Waals surface area contributed by atoms with Crippen molar-refractivity contribution in [1.29, 1.82) is 0 Å². The number of rotatable bonds is 7. The van der Waals surface area contributed by atoms with Gasteiger partial charge in [0, 0.05) is 5.92 Å². The topological polar surface area (TPSA) is 228 Å². The minimum Gasteiger partial charge on any atom is -0.394 e. The van der Waals surface area contributed by atoms with Crippen LogP contribution in [0.2, 0.25) is 0 Å². The molecule has 14 nitrogen and oxygen atoms in total. The number of fused-ring (bicyclic) bond motifs is 5. The first-order valence-electron chi connectivity index (χ1n) is 20.8. The molecule has 0 amide bonds. The van der Waals surface area contributed by atoms with Crippen molar-refractivity contribution in [2.24, 2.45) is 45.3 Å². The van der Waals surface area contributed by atoms with Gasteiger partial charge in [0.05, 0.1) is 48.8 Å². The number of hydrogen-bond acceptors (Lipinski definition) is 14. The van der Waals surface area contributed by atoms with Crippen molar-refractivity contribution >= 4 is 0 Å². The summed E-state index contributed by atoms with van der Waals surface area (Å²) in [5.41, 5.74) is -3.01. The largest absolute Gasteiger partial charge is 0.394 e. The van der Waals surface area contributed by atoms with Gasteiger partial charge in [0.25, 0.3) is 0 Å². The fourth-order valence-corrected chi connectivity index (χ4v) is 14.2. The van der Waals surface area contributed by atoms with Crippen LogP contribution in [-0.4, -0.2) is 150 Å². The molecule has 0 aromatic rings. The number of hydrogen-bond donors (Lipinski definition) is 9. The maximum absolute atomic E-state index is 12.3. The van der Waals surface area contributed by atoms with Gasteiger partial charge in [0.15, 0.2) is 12.6 Å². The molecule has 0 bridgehead atoms. The molecule has 4 aliphatic carbocycles. The van der Waals surface area contributed by atoms with E-state index < -0.39 is 96.8 Å². The Balaban J connectivity index is 1.08. The molecular weight excluding hydrogens is 716 g/mol. The van der Waals surface area contributed by atoms with Gasteiger partial charge in [-0.3, -0.25) is 0 Å². The second kappa shape index (κ2) is 14.3. The highest BCUT2D eigenvalue weighted by atomic mass is 16.7. The molecule has 0 spiro atoms. The normalized spacial score (nSPS) is 56.8. The van der Waals surface area contributed by atoms with E-state index in [1.807, 2.05) is 13.8 Å². The predicted molar refractivity (Wildman–Crippen MR) is 196 cm³/mol. The second-order valence-electron chi connectivity index (χ2n) is 20.7. The van der Waals surface area contributed by atoms with Gasteiger partial charge in [0.2, 0.25) is 0 Å². The Morgan fingerprint density at radius 3 is 2.02 bits per heavy atom. The summed E-state index contributed by atoms with van der Waals surface area (Å²) in [7, 11) is 0. The summed E-state index contributed by atoms with van der Waals surface area (Å²) in [6.45, 7) is 16.3. The van der Waals surface area contributed by atoms with Crippen LogP contribution >= 0.6 is 0 Å². The summed E-state index contributed by atoms with van der Waals surface area (Å²) in [6.07, 6.45) is -8.16. The smallest absolute Gasteiger partial charge is 0.187 e. The van der Waals surface area contributed by atoms with Gasteiger partial charge in [-0.1, -0.05) is 34.6 Å². The van der Waals surface area contributed by atoms with Crippen molar-refractivity contribution in [1.82, 2.24) is 0 Å². The summed E-state index contributed by atoms with van der Waals surface area (Å²) < 4.78 is 31.0. The Kier molecular flexibility index (Phi) is 11.1. The number of ether oxygens (including phenoxy) is 5. The molecule has 318 valence electrons. The van der Waals surface area contributed by atoms with E-state index in [1.165, 1.54) is 0 Å². The SMILES string of the molecule is CC(C)(O[C@H]1O[C@@H](CO)[C@H](O)[C@@H](O)[C@@H]1O)[C@H]1CC[C@@](C)([C@@H]2[C@@H](O)C[C@]3(C)[C@H]4C[C@@H](O)[C@@H]5C(C)(C)[C@H](O[C@@H]6OC[C@H](O)[C@H](O)[C@@H]6O)CC[C@@]5(C)[C@@H]4CC[C@@]23C)O1. The van der Waals surface area contributed by atoms with Gasteiger partial charge in [-0.15, -0.1) is 0 Å². The van der Waals surface area contributed by atoms with Crippen molar-refractivity contribution in [2.75, 3.05) is 13.2 Å². The van der Waals surface area contributed by atoms with E-state index in [-0.39, 0.29) is 46.7 Å². The first-order chi connectivity index (χ1) is 25.5. The molecule has 14 heteroatoms. The van der Waals surface area contributed by atoms with E-state index >= 15 is 0 Å². The standard InChI is InChI=1S/C41H70O14/c1-36(2)25(53-34-30(49)27(46)23(45)18-51-34)10-12-38(5)19-9-13-39(6)33(22(44)16-40(39,7)20(19)15-21(43)32(36)38)41(8)14-11-26(54-41)37(3,4)55-35-31(50)29(48)28(47)24(17-42)52-35/h19-35,42-50H,9-18H2,1-8H3/t19-,20+,21-,22+,23+,24+,25-,26-,27+,28+,29-,30+,31+,32-,33-,34+,35-,38+,39+,40-,41+/m1/s1. The Morgan fingerprint density at radius 2 is 1.35 bits per heavy atom. The molecule has 21 atom stereocenters. The minimum absolute atomic E-state index is 0.103. The molecule has 3 heterocycles. The summed E-state index contributed by atoms with van der Waals surface area (Å²) in [4.78, 5) is 0. The zero-order valence-electron chi connectivity index (χ0n) is 34.0. The Morgan fingerprint density at radius 1 is 0.673 bits per heavy atom. The van der Waals surface area contributed by atoms with Crippen LogP contribution in [-0.2, 0) is 23.7 Å². The van der Waals surface area contributed by atoms with Gasteiger partial charge in [-0.25, -0.2) is 0 Å². The Labute approximate surface area is 325 Å². The summed E-state index contributed by atoms with van der Waals surface area (Å²) in [5, 5.41) is 96.4. The quantitative estimate of drug-likeness (QED) is 0.164. The van der Waals surface area contributed by atoms with Crippen LogP contribution in [0, 0.1) is 45.3 Å². The van der Waals surface area contributed by atoms with Gasteiger partial charge in [0.1, 0.15) is 42.7 Å². The average Bonchev–Trinajstić information content (AvgIpc) is 3.60. The van der Waals surface area contributed by atoms with Crippen LogP contribution in [0.15, 0.2) is 0 Å². The van der Waals surface area contributed by atoms with E-state index in [4.69, 9.17) is 23.7 Å². The van der Waals surface area contributed by atoms with Gasteiger partial charge in [-0.05, 0) is 112 Å². The maximum atomic E-state index is 12.3. The first kappa shape index (κ1) is 42.6. The summed E-state index contributed by atoms with van der Waals surface area (Å²) >= 11 is 0. The molecule has 7 fully saturated rings. The van der Waals surface area contributed by atoms with E-state index in [0.29, 0.717) is 38.0 Å². The molecule has 0 radical (unpaired) electrons. The predicted octanol–water partition coefficient (Wildman–Crippen LogP) is 0.970. The summed E-state index contributed by atoms with van der Waals surface area (Å²) in [6, 6.07) is 0. The molecule has 4 saturated carbocycles. The van der Waals surface area contributed by atoms with E-state index in [9.17, 15) is 46.0 Å². The molecule has 0 aromatic heterocycles. The van der Waals surface area contributed by atoms with Gasteiger partial charge in [-0.2, -0.15) is 0 Å². The molecule has 3 saturated heterocycles. The summed E-state index contributed by atoms with van der Waals surface area (Å²) in [5.74, 6) is 0.156. The third kappa shape index (κ3) is 6.42. The van der Waals surface area contributed by atoms with Crippen molar-refractivity contribution in [3.8, 4) is 0 Å². The highest BCUT2D eigenvalue weighted by Crippen LogP contribution is 2.75. The van der Waals surface area contributed by atoms with E-state index in [0.717, 1.165) is 19.3 Å². The molecule has 9 N–H and O–H groups in total. The molecule has 55 heavy (non-hydrogen) atoms. The number of aliphatic hydroxyl groups is 9. The Hall–Kier alpha value is -0.560. The zero-order chi connectivity index (χ0) is 40.4. The molecule has 3 aliphatic heterocycles. The zero-order valence-corrected chi connectivity index (χ0v) is 34.0. The lowest BCUT2D eigenvalue weighted by Crippen LogP contribution is -2.66. The van der Waals surface area contributed by atoms with E-state index in [2.05, 4.69) is 41.5 Å². The highest BCUT2D eigenvalue weighted by Gasteiger charge is 2.73. The van der Waals surface area contributed by atoms with Crippen LogP contribution < -0.4 is 0 Å². The van der Waals surface area contributed by atoms with Crippen LogP contribution in [0.25, 0.3) is 0 Å². The monoisotopic (exact) mass is 786 g/mol. The van der Waals surface area contributed by atoms with Crippen LogP contribution in [0.4, 0.5) is 0 Å². The minimum atomic E-state index is -1.55. The van der Waals surface area contributed by atoms with Crippen molar-refractivity contribution in [3.63, 3.8) is 0 Å². The van der Waals surface area contributed by atoms with Crippen molar-refractivity contribution < 1.29 is 69.6 Å². The lowest BCUT2D eigenvalue weighted by atomic mass is 9.37. The fourth-order valence-electron chi connectivity index (χ4n) is 14.2. The lowest BCUT2D eigenvalue weighted by Gasteiger charge is -2.69. The highest BCUT2D eigenvalue weighted by molar-refractivity contribution is 5.22. The average molecular weight is 787 g/mol. The van der Waals surface area contributed by atoms with E-state index in [1.54, 1.807) is 0 Å². The molecule has 0 unspecified atom stereocenters. The molecule has 7 rings (SSSR count). The molecule has 7 aliphatic rings. The second-order valence-corrected chi connectivity index (χ2v) is 20.7. The fraction of sp³-hybridized carbons (Fsp3) is 1.00. The van der Waals surface area contributed by atoms with Gasteiger partial charge < -0.3 is 69.6 Å². The van der Waals surface area contributed by atoms with Crippen LogP contribution in [0.1, 0.15) is 107 Å². The third-order valence-corrected chi connectivity index (χ3v) is 17.1. The van der Waals surface area contributed by atoms with Crippen LogP contribution in [0.3, 0.4) is 0 Å². The third-order valence-electron chi connectivity index (χ3n) is 17.1. The molecular formula is C41H70O14. The van der Waals surface area contributed by atoms with Crippen molar-refractivity contribution in [2.45, 2.75) is 198 Å². The molecule has 0 aromatic carbocycles. The van der Waals surface area contributed by atoms with Crippen LogP contribution in [0.5, 0.6) is 0 Å². The lowest BCUT2D eigenvalue weighted by molar-refractivity contribution is -0.334. The maximum Gasteiger partial charge on any atom is 0.187 e. The first-order valence-corrected chi connectivity index (χ1v) is 20.8.